The van der Waals surface area contributed by atoms with Crippen molar-refractivity contribution in [2.45, 2.75) is 0 Å². The fourth-order valence-electron chi connectivity index (χ4n) is 6.24. The predicted molar refractivity (Wildman–Crippen MR) is 185 cm³/mol. The SMILES string of the molecule is c1ccc(-c2ccc(-c3nc(-c4ccccc4)nc(-c4ccc(-c5c6ccccc6n6c5oc5ccccc56)cc4)n3)cc2)cc1. The van der Waals surface area contributed by atoms with Gasteiger partial charge in [0.25, 0.3) is 0 Å². The number of nitrogens with zero attached hydrogens (tertiary/aromatic N) is 4. The zero-order chi connectivity index (χ0) is 30.5. The molecule has 0 N–H and O–H groups in total. The van der Waals surface area contributed by atoms with Gasteiger partial charge in [0.15, 0.2) is 23.1 Å². The minimum atomic E-state index is 0.623. The van der Waals surface area contributed by atoms with Gasteiger partial charge in [-0.2, -0.15) is 0 Å². The number of rotatable bonds is 5. The number of aromatic nitrogens is 4. The van der Waals surface area contributed by atoms with E-state index in [1.807, 2.05) is 54.6 Å². The lowest BCUT2D eigenvalue weighted by molar-refractivity contribution is 0.658. The topological polar surface area (TPSA) is 56.2 Å². The molecule has 0 radical (unpaired) electrons. The Morgan fingerprint density at radius 1 is 0.370 bits per heavy atom. The number of hydrogen-bond donors (Lipinski definition) is 0. The van der Waals surface area contributed by atoms with Crippen LogP contribution in [0.25, 0.3) is 84.1 Å². The molecule has 0 atom stereocenters. The number of benzene rings is 6. The van der Waals surface area contributed by atoms with Crippen molar-refractivity contribution in [2.75, 3.05) is 0 Å². The molecule has 9 rings (SSSR count). The van der Waals surface area contributed by atoms with E-state index in [0.717, 1.165) is 61.1 Å². The third-order valence-electron chi connectivity index (χ3n) is 8.49. The summed E-state index contributed by atoms with van der Waals surface area (Å²) >= 11 is 0. The highest BCUT2D eigenvalue weighted by Crippen LogP contribution is 2.39. The standard InChI is InChI=1S/C41H26N4O/c1-3-11-27(12-4-1)28-19-23-31(24-20-28)39-42-38(30-13-5-2-6-14-30)43-40(44-39)32-25-21-29(22-26-32)37-33-15-7-8-16-34(33)45-35-17-9-10-18-36(35)46-41(37)45/h1-26H. The Balaban J connectivity index is 1.15. The third kappa shape index (κ3) is 4.37. The first-order chi connectivity index (χ1) is 22.8. The summed E-state index contributed by atoms with van der Waals surface area (Å²) in [6.45, 7) is 0. The van der Waals surface area contributed by atoms with Crippen LogP contribution in [0.2, 0.25) is 0 Å². The Hall–Kier alpha value is -6.33. The lowest BCUT2D eigenvalue weighted by atomic mass is 10.0. The van der Waals surface area contributed by atoms with Crippen molar-refractivity contribution < 1.29 is 4.42 Å². The van der Waals surface area contributed by atoms with Crippen LogP contribution in [0.15, 0.2) is 162 Å². The molecule has 0 bridgehead atoms. The van der Waals surface area contributed by atoms with E-state index in [1.54, 1.807) is 0 Å². The molecule has 0 aliphatic rings. The van der Waals surface area contributed by atoms with Crippen LogP contribution in [-0.4, -0.2) is 19.4 Å². The van der Waals surface area contributed by atoms with E-state index in [9.17, 15) is 0 Å². The van der Waals surface area contributed by atoms with Crippen molar-refractivity contribution >= 4 is 27.7 Å². The van der Waals surface area contributed by atoms with Crippen molar-refractivity contribution in [1.29, 1.82) is 0 Å². The first-order valence-corrected chi connectivity index (χ1v) is 15.3. The van der Waals surface area contributed by atoms with E-state index in [0.29, 0.717) is 17.5 Å². The van der Waals surface area contributed by atoms with Gasteiger partial charge in [0.05, 0.1) is 16.6 Å². The van der Waals surface area contributed by atoms with Crippen LogP contribution in [0, 0.1) is 0 Å². The van der Waals surface area contributed by atoms with Crippen molar-refractivity contribution in [3.8, 4) is 56.4 Å². The zero-order valence-electron chi connectivity index (χ0n) is 24.7. The second-order valence-corrected chi connectivity index (χ2v) is 11.3. The van der Waals surface area contributed by atoms with Crippen LogP contribution in [0.3, 0.4) is 0 Å². The van der Waals surface area contributed by atoms with Gasteiger partial charge in [-0.25, -0.2) is 15.0 Å². The molecular weight excluding hydrogens is 564 g/mol. The molecule has 46 heavy (non-hydrogen) atoms. The summed E-state index contributed by atoms with van der Waals surface area (Å²) in [7, 11) is 0. The molecule has 0 aliphatic heterocycles. The average molecular weight is 591 g/mol. The summed E-state index contributed by atoms with van der Waals surface area (Å²) in [5.74, 6) is 1.90. The quantitative estimate of drug-likeness (QED) is 0.200. The summed E-state index contributed by atoms with van der Waals surface area (Å²) in [5, 5.41) is 1.15. The van der Waals surface area contributed by atoms with E-state index in [-0.39, 0.29) is 0 Å². The lowest BCUT2D eigenvalue weighted by Crippen LogP contribution is -2.00. The molecule has 0 fully saturated rings. The summed E-state index contributed by atoms with van der Waals surface area (Å²) < 4.78 is 8.64. The van der Waals surface area contributed by atoms with Gasteiger partial charge >= 0.3 is 0 Å². The van der Waals surface area contributed by atoms with Crippen molar-refractivity contribution in [2.24, 2.45) is 0 Å². The molecule has 6 aromatic carbocycles. The van der Waals surface area contributed by atoms with E-state index < -0.39 is 0 Å². The van der Waals surface area contributed by atoms with Gasteiger partial charge in [-0.3, -0.25) is 4.40 Å². The summed E-state index contributed by atoms with van der Waals surface area (Å²) in [6, 6.07) is 53.9. The molecule has 3 heterocycles. The van der Waals surface area contributed by atoms with Gasteiger partial charge in [-0.05, 0) is 34.9 Å². The molecule has 5 nitrogen and oxygen atoms in total. The van der Waals surface area contributed by atoms with Gasteiger partial charge in [-0.15, -0.1) is 0 Å². The number of fused-ring (bicyclic) bond motifs is 5. The second kappa shape index (κ2) is 10.7. The molecule has 0 aliphatic carbocycles. The normalized spacial score (nSPS) is 11.5. The van der Waals surface area contributed by atoms with Crippen LogP contribution < -0.4 is 0 Å². The van der Waals surface area contributed by atoms with E-state index in [1.165, 1.54) is 5.56 Å². The first kappa shape index (κ1) is 26.1. The fraction of sp³-hybridized carbons (Fsp3) is 0. The zero-order valence-corrected chi connectivity index (χ0v) is 24.7. The van der Waals surface area contributed by atoms with Gasteiger partial charge in [0, 0.05) is 22.1 Å². The largest absolute Gasteiger partial charge is 0.438 e. The molecule has 216 valence electrons. The number of hydrogen-bond acceptors (Lipinski definition) is 4. The van der Waals surface area contributed by atoms with E-state index in [4.69, 9.17) is 19.4 Å². The molecule has 0 saturated heterocycles. The first-order valence-electron chi connectivity index (χ1n) is 15.3. The van der Waals surface area contributed by atoms with E-state index in [2.05, 4.69) is 108 Å². The van der Waals surface area contributed by atoms with Gasteiger partial charge in [0.2, 0.25) is 5.71 Å². The second-order valence-electron chi connectivity index (χ2n) is 11.3. The van der Waals surface area contributed by atoms with Crippen LogP contribution in [0.1, 0.15) is 0 Å². The van der Waals surface area contributed by atoms with Crippen LogP contribution in [-0.2, 0) is 0 Å². The monoisotopic (exact) mass is 590 g/mol. The Morgan fingerprint density at radius 2 is 0.804 bits per heavy atom. The Kier molecular flexibility index (Phi) is 6.06. The maximum atomic E-state index is 6.43. The highest BCUT2D eigenvalue weighted by molar-refractivity contribution is 6.07. The lowest BCUT2D eigenvalue weighted by Gasteiger charge is -2.09. The fourth-order valence-corrected chi connectivity index (χ4v) is 6.24. The predicted octanol–water partition coefficient (Wildman–Crippen LogP) is 10.4. The average Bonchev–Trinajstić information content (AvgIpc) is 3.67. The molecule has 0 saturated carbocycles. The Labute approximate surface area is 265 Å². The van der Waals surface area contributed by atoms with Crippen molar-refractivity contribution in [3.63, 3.8) is 0 Å². The van der Waals surface area contributed by atoms with Gasteiger partial charge in [-0.1, -0.05) is 140 Å². The third-order valence-corrected chi connectivity index (χ3v) is 8.49. The van der Waals surface area contributed by atoms with Crippen LogP contribution in [0.5, 0.6) is 0 Å². The molecule has 9 aromatic rings. The Morgan fingerprint density at radius 3 is 1.43 bits per heavy atom. The summed E-state index contributed by atoms with van der Waals surface area (Å²) in [5.41, 5.74) is 11.1. The molecule has 0 spiro atoms. The molecular formula is C41H26N4O. The summed E-state index contributed by atoms with van der Waals surface area (Å²) in [4.78, 5) is 14.8. The van der Waals surface area contributed by atoms with E-state index >= 15 is 0 Å². The minimum Gasteiger partial charge on any atom is -0.438 e. The maximum absolute atomic E-state index is 6.43. The van der Waals surface area contributed by atoms with Gasteiger partial charge < -0.3 is 4.42 Å². The molecule has 5 heteroatoms. The Bertz CT molecular complexity index is 2500. The van der Waals surface area contributed by atoms with Crippen LogP contribution >= 0.6 is 0 Å². The maximum Gasteiger partial charge on any atom is 0.213 e. The highest BCUT2D eigenvalue weighted by atomic mass is 16.3. The van der Waals surface area contributed by atoms with Crippen molar-refractivity contribution in [1.82, 2.24) is 19.4 Å². The molecule has 0 amide bonds. The highest BCUT2D eigenvalue weighted by Gasteiger charge is 2.20. The van der Waals surface area contributed by atoms with Crippen LogP contribution in [0.4, 0.5) is 0 Å². The minimum absolute atomic E-state index is 0.623. The number of oxazole rings is 1. The smallest absolute Gasteiger partial charge is 0.213 e. The molecule has 0 unspecified atom stereocenters. The summed E-state index contributed by atoms with van der Waals surface area (Å²) in [6.07, 6.45) is 0. The van der Waals surface area contributed by atoms with Gasteiger partial charge in [0.1, 0.15) is 0 Å². The van der Waals surface area contributed by atoms with Crippen molar-refractivity contribution in [3.05, 3.63) is 158 Å². The molecule has 3 aromatic heterocycles. The number of para-hydroxylation sites is 3.